The molecule has 109 heavy (non-hydrogen) atoms. The topological polar surface area (TPSA) is 400 Å². The summed E-state index contributed by atoms with van der Waals surface area (Å²) in [5.74, 6) is 0.780. The number of H-pyrrole nitrogens is 4. The number of amides is 2. The summed E-state index contributed by atoms with van der Waals surface area (Å²) in [5, 5.41) is 10.9. The normalized spacial score (nSPS) is 11.1. The van der Waals surface area contributed by atoms with Gasteiger partial charge in [0.05, 0.1) is 36.4 Å². The number of nitrogens with one attached hydrogen (secondary N) is 6. The Labute approximate surface area is 641 Å². The first-order valence-electron chi connectivity index (χ1n) is 33.6. The molecule has 32 heteroatoms. The number of alkyl carbamates (subject to hydrolysis) is 2. The van der Waals surface area contributed by atoms with E-state index in [4.69, 9.17) is 42.0 Å². The molecule has 0 aliphatic rings. The van der Waals surface area contributed by atoms with Crippen molar-refractivity contribution in [1.82, 2.24) is 68.4 Å². The van der Waals surface area contributed by atoms with Crippen LogP contribution in [0.15, 0.2) is 212 Å². The van der Waals surface area contributed by atoms with Gasteiger partial charge in [-0.15, -0.1) is 24.0 Å². The van der Waals surface area contributed by atoms with E-state index in [0.717, 1.165) is 72.6 Å². The van der Waals surface area contributed by atoms with Crippen LogP contribution in [0.4, 0.5) is 9.59 Å². The molecular weight excluding hydrogens is 1480 g/mol. The zero-order valence-electron chi connectivity index (χ0n) is 60.4. The zero-order valence-corrected chi connectivity index (χ0v) is 63.6. The molecule has 0 spiro atoms. The standard InChI is InChI=1S/C21H25N3O5S.C16H17N3O3S.C14H19N3O2.C9H7ClN2O.C9H9N3O.C7H6N2.CH4.ClH/c1-21(2,3)29-20(25)23-12-10-15-14-24(19-18(15)9-6-11-22-19)30(26,27)17-8-5-7-16(13-17)28-4;1-22-13-4-2-5-14(10-13)23(20,21)19-11-12(7-8-17)15-6-3-9-18-16(15)19;1-14(2,3)19-13(18)16-8-6-10-9-17-12-11(10)5-4-7-15-12;2*10-4-8(13)7-5-12-9-6(7)2-1-3-11-9;1-2-6-3-5-9-7(6)8-4-1;;/h5-9,11,13-14H,10,12H2,1-4H3,(H,23,25);2-6,9-11H,7-8,17H2,1H3;4-5,7,9H,6,8H2,1-3H3,(H,15,17)(H,16,18);1-3,5H,4H2,(H,11,12);1-3,5H,4,10H2,(H,11,12);1-5H,(H,8,9);1H4;1H. The number of aromatic nitrogens is 12. The van der Waals surface area contributed by atoms with Gasteiger partial charge in [-0.1, -0.05) is 19.6 Å². The number of nitrogens with zero attached hydrogens (tertiary/aromatic N) is 8. The van der Waals surface area contributed by atoms with Gasteiger partial charge < -0.3 is 61.0 Å². The van der Waals surface area contributed by atoms with Crippen molar-refractivity contribution >= 4 is 134 Å². The van der Waals surface area contributed by atoms with Gasteiger partial charge in [0.2, 0.25) is 0 Å². The Morgan fingerprint density at radius 3 is 1.33 bits per heavy atom. The molecule has 0 atom stereocenters. The Balaban J connectivity index is 0.000000188. The molecule has 2 amide bonds. The number of Topliss-reactive ketones (excluding diaryl/α,β-unsaturated/α-hetero) is 2. The molecule has 574 valence electrons. The molecule has 28 nitrogen and oxygen atoms in total. The van der Waals surface area contributed by atoms with Gasteiger partial charge in [0.15, 0.2) is 22.9 Å². The first-order chi connectivity index (χ1) is 51.3. The van der Waals surface area contributed by atoms with Crippen molar-refractivity contribution < 1.29 is 55.0 Å². The summed E-state index contributed by atoms with van der Waals surface area (Å²) >= 11 is 5.46. The second-order valence-corrected chi connectivity index (χ2v) is 29.3. The fourth-order valence-corrected chi connectivity index (χ4v) is 13.7. The minimum atomic E-state index is -3.88. The lowest BCUT2D eigenvalue weighted by Gasteiger charge is -2.19. The van der Waals surface area contributed by atoms with Crippen LogP contribution in [0.3, 0.4) is 0 Å². The van der Waals surface area contributed by atoms with Crippen LogP contribution in [0.2, 0.25) is 0 Å². The SMILES string of the molecule is C.CC(C)(C)OC(=O)NCCc1c[nH]c2ncccc12.COc1cccc(S(=O)(=O)n2cc(CCN)c3cccnc32)c1.COc1cccc(S(=O)(=O)n2cc(CCNC(=O)OC(C)(C)C)c3cccnc32)c1.Cl.NCC(=O)c1c[nH]c2ncccc12.O=C(CCl)c1c[nH]c2ncccc12.c1cnc2[nH]ccc2c1. The van der Waals surface area contributed by atoms with Crippen LogP contribution in [0.25, 0.3) is 66.2 Å². The Kier molecular flexibility index (Phi) is 30.2. The number of hydrogen-bond acceptors (Lipinski definition) is 20. The summed E-state index contributed by atoms with van der Waals surface area (Å²) in [7, 11) is -4.66. The molecule has 14 rings (SSSR count). The number of ketones is 2. The van der Waals surface area contributed by atoms with E-state index in [1.54, 1.807) is 131 Å². The largest absolute Gasteiger partial charge is 0.497 e. The lowest BCUT2D eigenvalue weighted by Crippen LogP contribution is -2.33. The fraction of sp³-hybridized carbons (Fsp3) is 0.247. The Hall–Kier alpha value is -11.5. The number of aromatic amines is 4. The molecule has 12 aromatic heterocycles. The molecule has 0 aliphatic heterocycles. The number of methoxy groups -OCH3 is 2. The number of alkyl halides is 1. The van der Waals surface area contributed by atoms with Crippen molar-refractivity contribution in [2.24, 2.45) is 11.5 Å². The maximum absolute atomic E-state index is 13.2. The van der Waals surface area contributed by atoms with Crippen molar-refractivity contribution in [2.45, 2.75) is 89.2 Å². The number of pyridine rings is 6. The second-order valence-electron chi connectivity index (χ2n) is 25.4. The lowest BCUT2D eigenvalue weighted by molar-refractivity contribution is 0.0517. The summed E-state index contributed by atoms with van der Waals surface area (Å²) in [6.45, 7) is 12.2. The van der Waals surface area contributed by atoms with Crippen molar-refractivity contribution in [2.75, 3.05) is 46.3 Å². The first kappa shape index (κ1) is 84.7. The fourth-order valence-electron chi connectivity index (χ4n) is 10.7. The summed E-state index contributed by atoms with van der Waals surface area (Å²) in [5.41, 5.74) is 17.8. The zero-order chi connectivity index (χ0) is 76.9. The maximum Gasteiger partial charge on any atom is 0.407 e. The van der Waals surface area contributed by atoms with Crippen molar-refractivity contribution in [3.8, 4) is 11.5 Å². The number of carbonyl (C=O) groups is 4. The van der Waals surface area contributed by atoms with Crippen molar-refractivity contribution in [3.05, 3.63) is 230 Å². The van der Waals surface area contributed by atoms with Gasteiger partial charge in [-0.2, -0.15) is 0 Å². The van der Waals surface area contributed by atoms with Crippen LogP contribution in [-0.2, 0) is 48.8 Å². The smallest absolute Gasteiger partial charge is 0.407 e. The van der Waals surface area contributed by atoms with Gasteiger partial charge in [0.1, 0.15) is 45.3 Å². The Morgan fingerprint density at radius 1 is 0.486 bits per heavy atom. The third-order valence-corrected chi connectivity index (χ3v) is 19.2. The van der Waals surface area contributed by atoms with Gasteiger partial charge in [-0.05, 0) is 187 Å². The van der Waals surface area contributed by atoms with Gasteiger partial charge >= 0.3 is 12.2 Å². The lowest BCUT2D eigenvalue weighted by atomic mass is 10.1. The van der Waals surface area contributed by atoms with E-state index in [2.05, 4.69) is 60.5 Å². The molecule has 2 aromatic carbocycles. The quantitative estimate of drug-likeness (QED) is 0.0292. The molecular formula is C77H88Cl2N16O12S2. The Morgan fingerprint density at radius 2 is 0.890 bits per heavy atom. The molecule has 0 saturated heterocycles. The van der Waals surface area contributed by atoms with E-state index < -0.39 is 37.3 Å². The molecule has 0 unspecified atom stereocenters. The van der Waals surface area contributed by atoms with Crippen LogP contribution in [0, 0.1) is 0 Å². The number of halogens is 2. The van der Waals surface area contributed by atoms with Gasteiger partial charge in [-0.25, -0.2) is 64.3 Å². The molecule has 14 aromatic rings. The van der Waals surface area contributed by atoms with Crippen molar-refractivity contribution in [1.29, 1.82) is 0 Å². The van der Waals surface area contributed by atoms with E-state index in [0.29, 0.717) is 71.8 Å². The predicted octanol–water partition coefficient (Wildman–Crippen LogP) is 13.1. The van der Waals surface area contributed by atoms with Crippen molar-refractivity contribution in [3.63, 3.8) is 0 Å². The molecule has 0 aliphatic carbocycles. The van der Waals surface area contributed by atoms with Gasteiger partial charge in [0.25, 0.3) is 20.0 Å². The number of hydrogen-bond donors (Lipinski definition) is 8. The van der Waals surface area contributed by atoms with Crippen LogP contribution < -0.4 is 31.6 Å². The third-order valence-electron chi connectivity index (χ3n) is 15.6. The summed E-state index contributed by atoms with van der Waals surface area (Å²) in [4.78, 5) is 83.1. The number of benzene rings is 2. The average molecular weight is 1560 g/mol. The number of ether oxygens (including phenoxy) is 4. The maximum atomic E-state index is 13.2. The molecule has 10 N–H and O–H groups in total. The van der Waals surface area contributed by atoms with Gasteiger partial charge in [0, 0.05) is 143 Å². The van der Waals surface area contributed by atoms with Crippen LogP contribution in [0.5, 0.6) is 11.5 Å². The Bertz CT molecular complexity index is 5490. The summed E-state index contributed by atoms with van der Waals surface area (Å²) in [6, 6.07) is 37.0. The molecule has 0 bridgehead atoms. The highest BCUT2D eigenvalue weighted by molar-refractivity contribution is 7.90. The average Bonchev–Trinajstić information content (AvgIpc) is 1.63. The highest BCUT2D eigenvalue weighted by Gasteiger charge is 2.25. The number of nitrogens with two attached hydrogens (primary N) is 2. The minimum absolute atomic E-state index is 0. The molecule has 0 saturated carbocycles. The van der Waals surface area contributed by atoms with E-state index >= 15 is 0 Å². The molecule has 0 radical (unpaired) electrons. The van der Waals surface area contributed by atoms with Crippen LogP contribution in [-0.4, -0.2) is 156 Å². The second kappa shape index (κ2) is 38.8. The first-order valence-corrected chi connectivity index (χ1v) is 37.0. The predicted molar refractivity (Wildman–Crippen MR) is 426 cm³/mol. The van der Waals surface area contributed by atoms with Crippen LogP contribution >= 0.6 is 24.0 Å². The monoisotopic (exact) mass is 1560 g/mol. The number of carbonyl (C=O) groups excluding carboxylic acids is 4. The van der Waals surface area contributed by atoms with E-state index in [-0.39, 0.29) is 59.7 Å². The van der Waals surface area contributed by atoms with Crippen LogP contribution in [0.1, 0.15) is 86.4 Å². The highest BCUT2D eigenvalue weighted by atomic mass is 35.5. The third kappa shape index (κ3) is 22.3. The molecule has 0 fully saturated rings. The van der Waals surface area contributed by atoms with E-state index in [1.165, 1.54) is 46.4 Å². The number of fused-ring (bicyclic) bond motifs is 6. The number of rotatable bonds is 18. The minimum Gasteiger partial charge on any atom is -0.497 e. The van der Waals surface area contributed by atoms with E-state index in [9.17, 15) is 36.0 Å². The van der Waals surface area contributed by atoms with Gasteiger partial charge in [-0.3, -0.25) is 9.59 Å². The summed E-state index contributed by atoms with van der Waals surface area (Å²) < 4.78 is 75.5. The van der Waals surface area contributed by atoms with E-state index in [1.807, 2.05) is 87.8 Å². The summed E-state index contributed by atoms with van der Waals surface area (Å²) in [6.07, 6.45) is 21.1. The molecule has 12 heterocycles. The highest BCUT2D eigenvalue weighted by Crippen LogP contribution is 2.29.